The number of halogens is 1. The number of amidine groups is 2. The van der Waals surface area contributed by atoms with E-state index in [1.807, 2.05) is 0 Å². The van der Waals surface area contributed by atoms with Crippen LogP contribution in [0.25, 0.3) is 0 Å². The van der Waals surface area contributed by atoms with Gasteiger partial charge in [0.05, 0.1) is 0 Å². The van der Waals surface area contributed by atoms with Gasteiger partial charge in [0, 0.05) is 33.4 Å². The lowest BCUT2D eigenvalue weighted by molar-refractivity contribution is 0.850. The summed E-state index contributed by atoms with van der Waals surface area (Å²) in [7, 11) is 0. The Kier molecular flexibility index (Phi) is 8.13. The highest BCUT2D eigenvalue weighted by Crippen LogP contribution is 2.41. The van der Waals surface area contributed by atoms with Gasteiger partial charge in [-0.15, -0.1) is 11.5 Å². The van der Waals surface area contributed by atoms with E-state index in [1.54, 1.807) is 0 Å². The van der Waals surface area contributed by atoms with Gasteiger partial charge < -0.3 is 8.96 Å². The molecule has 5 heterocycles. The molecule has 0 N–H and O–H groups in total. The molecule has 6 nitrogen and oxygen atoms in total. The van der Waals surface area contributed by atoms with E-state index in [-0.39, 0.29) is 0 Å². The summed E-state index contributed by atoms with van der Waals surface area (Å²) in [4.78, 5) is 21.3. The quantitative estimate of drug-likeness (QED) is 0.265. The van der Waals surface area contributed by atoms with Crippen molar-refractivity contribution in [2.75, 3.05) is 0 Å². The van der Waals surface area contributed by atoms with Crippen molar-refractivity contribution in [3.8, 4) is 0 Å². The van der Waals surface area contributed by atoms with Gasteiger partial charge in [0.1, 0.15) is 22.6 Å². The highest BCUT2D eigenvalue weighted by Gasteiger charge is 2.38. The van der Waals surface area contributed by atoms with Gasteiger partial charge in [0.25, 0.3) is 0 Å². The molecular weight excluding hydrogens is 491 g/mol. The molecule has 4 bridgehead atoms. The van der Waals surface area contributed by atoms with Crippen molar-refractivity contribution in [2.45, 2.75) is 119 Å². The van der Waals surface area contributed by atoms with E-state index in [0.717, 1.165) is 111 Å². The average molecular weight is 533 g/mol. The summed E-state index contributed by atoms with van der Waals surface area (Å²) in [5, 5.41) is 0. The Bertz CT molecular complexity index is 1450. The third-order valence-electron chi connectivity index (χ3n) is 7.90. The number of aromatic nitrogens is 2. The van der Waals surface area contributed by atoms with Crippen molar-refractivity contribution >= 4 is 41.2 Å². The first-order valence-corrected chi connectivity index (χ1v) is 15.5. The molecular formula is C30H42BClN6. The largest absolute Gasteiger partial charge is 0.499 e. The van der Waals surface area contributed by atoms with Crippen LogP contribution in [0.3, 0.4) is 0 Å². The Morgan fingerprint density at radius 2 is 0.921 bits per heavy atom. The van der Waals surface area contributed by atoms with E-state index in [1.165, 1.54) is 33.4 Å². The SMILES string of the molecule is CCCC1=C(CCC)C2=Nc3c(CCC)c(CCC)c4n3B(Cl)n3c(c(CCC)c(CCC)c3=N4)=NC1=N2. The first-order valence-electron chi connectivity index (χ1n) is 15.0. The van der Waals surface area contributed by atoms with E-state index >= 15 is 0 Å². The predicted octanol–water partition coefficient (Wildman–Crippen LogP) is 6.96. The van der Waals surface area contributed by atoms with Crippen molar-refractivity contribution in [2.24, 2.45) is 20.0 Å². The van der Waals surface area contributed by atoms with Crippen molar-refractivity contribution in [1.29, 1.82) is 0 Å². The highest BCUT2D eigenvalue weighted by atomic mass is 35.5. The third-order valence-corrected chi connectivity index (χ3v) is 8.29. The van der Waals surface area contributed by atoms with Crippen molar-refractivity contribution < 1.29 is 0 Å². The maximum Gasteiger partial charge on any atom is 0.499 e. The molecule has 0 spiro atoms. The molecule has 38 heavy (non-hydrogen) atoms. The average Bonchev–Trinajstić information content (AvgIpc) is 3.47. The smallest absolute Gasteiger partial charge is 0.320 e. The summed E-state index contributed by atoms with van der Waals surface area (Å²) in [6.07, 6.45) is 11.6. The fraction of sp³-hybridized carbons (Fsp3) is 0.600. The lowest BCUT2D eigenvalue weighted by Crippen LogP contribution is -2.45. The molecule has 3 aliphatic rings. The summed E-state index contributed by atoms with van der Waals surface area (Å²) >= 11 is 7.49. The van der Waals surface area contributed by atoms with Gasteiger partial charge >= 0.3 is 6.40 Å². The maximum atomic E-state index is 7.49. The zero-order chi connectivity index (χ0) is 27.0. The summed E-state index contributed by atoms with van der Waals surface area (Å²) in [5.74, 6) is 3.59. The van der Waals surface area contributed by atoms with Crippen LogP contribution in [-0.4, -0.2) is 27.0 Å². The molecule has 0 radical (unpaired) electrons. The number of aliphatic imine (C=N–C) groups is 2. The molecule has 3 aliphatic heterocycles. The van der Waals surface area contributed by atoms with Crippen molar-refractivity contribution in [3.05, 3.63) is 44.4 Å². The van der Waals surface area contributed by atoms with Crippen LogP contribution in [-0.2, 0) is 25.7 Å². The van der Waals surface area contributed by atoms with Crippen LogP contribution in [0.5, 0.6) is 0 Å². The van der Waals surface area contributed by atoms with Crippen LogP contribution in [0, 0.1) is 0 Å². The Morgan fingerprint density at radius 1 is 0.500 bits per heavy atom. The Balaban J connectivity index is 1.98. The second-order valence-corrected chi connectivity index (χ2v) is 11.2. The zero-order valence-electron chi connectivity index (χ0n) is 24.1. The van der Waals surface area contributed by atoms with E-state index < -0.39 is 6.40 Å². The molecule has 2 aromatic rings. The summed E-state index contributed by atoms with van der Waals surface area (Å²) in [6, 6.07) is 0. The monoisotopic (exact) mass is 532 g/mol. The van der Waals surface area contributed by atoms with Gasteiger partial charge in [0.2, 0.25) is 0 Å². The first kappa shape index (κ1) is 27.2. The van der Waals surface area contributed by atoms with Gasteiger partial charge in [-0.2, -0.15) is 0 Å². The molecule has 0 aromatic carbocycles. The van der Waals surface area contributed by atoms with Crippen LogP contribution in [0.1, 0.15) is 115 Å². The van der Waals surface area contributed by atoms with E-state index in [9.17, 15) is 0 Å². The van der Waals surface area contributed by atoms with Crippen molar-refractivity contribution in [3.63, 3.8) is 0 Å². The highest BCUT2D eigenvalue weighted by molar-refractivity contribution is 7.05. The minimum absolute atomic E-state index is 0.458. The number of rotatable bonds is 12. The molecule has 8 heteroatoms. The van der Waals surface area contributed by atoms with Crippen molar-refractivity contribution in [1.82, 2.24) is 8.96 Å². The van der Waals surface area contributed by atoms with Crippen LogP contribution in [0.4, 0.5) is 11.6 Å². The summed E-state index contributed by atoms with van der Waals surface area (Å²) < 4.78 is 4.37. The van der Waals surface area contributed by atoms with Gasteiger partial charge in [-0.25, -0.2) is 20.0 Å². The molecule has 0 aliphatic carbocycles. The van der Waals surface area contributed by atoms with Gasteiger partial charge in [-0.3, -0.25) is 0 Å². The summed E-state index contributed by atoms with van der Waals surface area (Å²) in [5.41, 5.74) is 9.65. The molecule has 0 amide bonds. The molecule has 5 rings (SSSR count). The number of hydrogen-bond donors (Lipinski definition) is 0. The standard InChI is InChI=1S/C30H42BClN6/c1-7-13-19-20(14-8-2)26-33-25(19)34-27-21(15-9-3)23(17-11-5)29-36-30-24(18-12-6)22(16-10-4)28(35-26)38(30)31(32)37(27)29/h7-18H2,1-6H3. The molecule has 0 atom stereocenters. The minimum Gasteiger partial charge on any atom is -0.320 e. The molecule has 0 fully saturated rings. The van der Waals surface area contributed by atoms with E-state index in [2.05, 4.69) is 50.5 Å². The Morgan fingerprint density at radius 3 is 1.42 bits per heavy atom. The lowest BCUT2D eigenvalue weighted by atomic mass is 10.00. The second-order valence-electron chi connectivity index (χ2n) is 10.8. The normalized spacial score (nSPS) is 15.5. The van der Waals surface area contributed by atoms with Crippen LogP contribution < -0.4 is 11.0 Å². The topological polar surface area (TPSA) is 59.3 Å². The molecule has 2 aromatic heterocycles. The minimum atomic E-state index is -0.458. The van der Waals surface area contributed by atoms with Gasteiger partial charge in [-0.05, 0) is 38.5 Å². The third kappa shape index (κ3) is 4.25. The fourth-order valence-corrected chi connectivity index (χ4v) is 6.76. The van der Waals surface area contributed by atoms with E-state index in [0.29, 0.717) is 0 Å². The fourth-order valence-electron chi connectivity index (χ4n) is 6.39. The molecule has 0 saturated heterocycles. The number of nitrogens with zero attached hydrogens (tertiary/aromatic N) is 6. The first-order chi connectivity index (χ1) is 18.5. The Hall–Kier alpha value is -2.41. The maximum absolute atomic E-state index is 7.49. The van der Waals surface area contributed by atoms with E-state index in [4.69, 9.17) is 31.4 Å². The predicted molar refractivity (Wildman–Crippen MR) is 161 cm³/mol. The van der Waals surface area contributed by atoms with Crippen LogP contribution in [0.2, 0.25) is 0 Å². The second kappa shape index (κ2) is 11.4. The molecule has 0 saturated carbocycles. The van der Waals surface area contributed by atoms with Gasteiger partial charge in [0.15, 0.2) is 11.7 Å². The zero-order valence-corrected chi connectivity index (χ0v) is 24.9. The number of hydrogen-bond acceptors (Lipinski definition) is 4. The summed E-state index contributed by atoms with van der Waals surface area (Å²) in [6.45, 7) is 13.4. The molecule has 0 unspecified atom stereocenters. The Labute approximate surface area is 232 Å². The van der Waals surface area contributed by atoms with Crippen LogP contribution >= 0.6 is 11.5 Å². The van der Waals surface area contributed by atoms with Crippen LogP contribution in [0.15, 0.2) is 31.1 Å². The number of fused-ring (bicyclic) bond motifs is 1. The van der Waals surface area contributed by atoms with Gasteiger partial charge in [-0.1, -0.05) is 80.1 Å². The molecule has 202 valence electrons. The lowest BCUT2D eigenvalue weighted by Gasteiger charge is -2.19.